The maximum atomic E-state index is 12.6. The smallest absolute Gasteiger partial charge is 0.260 e. The molecule has 0 fully saturated rings. The summed E-state index contributed by atoms with van der Waals surface area (Å²) in [5, 5.41) is 5.99. The van der Waals surface area contributed by atoms with E-state index in [1.807, 2.05) is 84.7 Å². The van der Waals surface area contributed by atoms with E-state index < -0.39 is 0 Å². The van der Waals surface area contributed by atoms with E-state index in [0.717, 1.165) is 53.3 Å². The number of aryl methyl sites for hydroxylation is 4. The fourth-order valence-corrected chi connectivity index (χ4v) is 5.88. The van der Waals surface area contributed by atoms with Crippen LogP contribution in [-0.2, 0) is 33.4 Å². The average molecular weight is 815 g/mol. The Morgan fingerprint density at radius 3 is 1.26 bits per heavy atom. The van der Waals surface area contributed by atoms with Crippen LogP contribution in [0.2, 0.25) is 0 Å². The van der Waals surface area contributed by atoms with Crippen molar-refractivity contribution in [1.29, 1.82) is 0 Å². The summed E-state index contributed by atoms with van der Waals surface area (Å²) in [7, 11) is 5.38. The Labute approximate surface area is 346 Å². The van der Waals surface area contributed by atoms with E-state index >= 15 is 0 Å². The third kappa shape index (κ3) is 19.0. The van der Waals surface area contributed by atoms with Crippen molar-refractivity contribution in [1.82, 2.24) is 19.6 Å². The van der Waals surface area contributed by atoms with Gasteiger partial charge in [-0.15, -0.1) is 0 Å². The van der Waals surface area contributed by atoms with E-state index in [2.05, 4.69) is 15.5 Å². The largest absolute Gasteiger partial charge is 0.484 e. The number of ether oxygens (including phenoxy) is 5. The monoisotopic (exact) mass is 815 g/mol. The zero-order valence-corrected chi connectivity index (χ0v) is 36.8. The van der Waals surface area contributed by atoms with Gasteiger partial charge >= 0.3 is 0 Å². The highest BCUT2D eigenvalue weighted by atomic mass is 16.5. The van der Waals surface area contributed by atoms with Gasteiger partial charge in [0.15, 0.2) is 13.2 Å². The van der Waals surface area contributed by atoms with Crippen LogP contribution >= 0.6 is 0 Å². The second-order valence-electron chi connectivity index (χ2n) is 14.5. The van der Waals surface area contributed by atoms with Gasteiger partial charge < -0.3 is 44.1 Å². The molecule has 2 N–H and O–H groups in total. The lowest BCUT2D eigenvalue weighted by Crippen LogP contribution is -2.33. The predicted octanol–water partition coefficient (Wildman–Crippen LogP) is 4.30. The number of nitrogens with zero attached hydrogens (tertiary/aromatic N) is 4. The lowest BCUT2D eigenvalue weighted by atomic mass is 10.1. The molecular weight excluding hydrogens is 745 g/mol. The summed E-state index contributed by atoms with van der Waals surface area (Å²) in [4.78, 5) is 57.3. The van der Waals surface area contributed by atoms with E-state index in [4.69, 9.17) is 23.7 Å². The van der Waals surface area contributed by atoms with Crippen molar-refractivity contribution in [2.75, 3.05) is 130 Å². The fourth-order valence-electron chi connectivity index (χ4n) is 5.88. The highest BCUT2D eigenvalue weighted by molar-refractivity contribution is 5.94. The van der Waals surface area contributed by atoms with Gasteiger partial charge in [0.25, 0.3) is 11.8 Å². The Morgan fingerprint density at radius 2 is 0.897 bits per heavy atom. The molecule has 0 aliphatic carbocycles. The molecule has 0 aliphatic heterocycles. The van der Waals surface area contributed by atoms with Gasteiger partial charge in [0.2, 0.25) is 11.8 Å². The number of benzene rings is 2. The number of carbonyl (C=O) groups is 4. The van der Waals surface area contributed by atoms with Crippen LogP contribution in [0.15, 0.2) is 24.3 Å². The lowest BCUT2D eigenvalue weighted by molar-refractivity contribution is -0.132. The molecule has 0 bridgehead atoms. The number of hydrogen-bond acceptors (Lipinski definition) is 11. The molecule has 2 aromatic rings. The molecule has 0 saturated heterocycles. The van der Waals surface area contributed by atoms with Crippen molar-refractivity contribution in [3.05, 3.63) is 46.5 Å². The molecule has 0 atom stereocenters. The average Bonchev–Trinajstić information content (AvgIpc) is 3.19. The molecule has 0 radical (unpaired) electrons. The van der Waals surface area contributed by atoms with Crippen molar-refractivity contribution in [3.8, 4) is 11.5 Å². The SMILES string of the molecule is CCN(C)CC(=O)Nc1c(C)cc(OCC(=O)N(C)CCCOCCOCCOCCCN(C)C(=O)COc2cc(C)c(NC(=O)CN(CC)CC)c(C)c2)cc1C. The maximum Gasteiger partial charge on any atom is 0.260 e. The van der Waals surface area contributed by atoms with Gasteiger partial charge in [-0.3, -0.25) is 29.0 Å². The Balaban J connectivity index is 1.50. The molecule has 2 aromatic carbocycles. The fraction of sp³-hybridized carbons (Fsp3) is 0.628. The van der Waals surface area contributed by atoms with Crippen LogP contribution in [0.4, 0.5) is 11.4 Å². The normalized spacial score (nSPS) is 11.2. The minimum absolute atomic E-state index is 0.0558. The summed E-state index contributed by atoms with van der Waals surface area (Å²) in [5.74, 6) is 0.763. The van der Waals surface area contributed by atoms with Gasteiger partial charge in [0.05, 0.1) is 39.5 Å². The Morgan fingerprint density at radius 1 is 0.534 bits per heavy atom. The first-order valence-corrected chi connectivity index (χ1v) is 20.4. The summed E-state index contributed by atoms with van der Waals surface area (Å²) in [6.07, 6.45) is 1.36. The topological polar surface area (TPSA) is 151 Å². The van der Waals surface area contributed by atoms with Crippen molar-refractivity contribution in [2.45, 2.75) is 61.3 Å². The van der Waals surface area contributed by atoms with Crippen molar-refractivity contribution >= 4 is 35.0 Å². The van der Waals surface area contributed by atoms with E-state index in [-0.39, 0.29) is 36.8 Å². The molecule has 15 heteroatoms. The summed E-state index contributed by atoms with van der Waals surface area (Å²) < 4.78 is 28.4. The summed E-state index contributed by atoms with van der Waals surface area (Å²) in [5.41, 5.74) is 5.02. The van der Waals surface area contributed by atoms with Crippen LogP contribution in [0.5, 0.6) is 11.5 Å². The predicted molar refractivity (Wildman–Crippen MR) is 228 cm³/mol. The molecule has 0 aliphatic rings. The molecule has 0 aromatic heterocycles. The van der Waals surface area contributed by atoms with Crippen LogP contribution in [-0.4, -0.2) is 163 Å². The van der Waals surface area contributed by atoms with Crippen LogP contribution < -0.4 is 20.1 Å². The number of carbonyl (C=O) groups excluding carboxylic acids is 4. The van der Waals surface area contributed by atoms with Gasteiger partial charge in [-0.05, 0) is 114 Å². The molecule has 0 saturated carbocycles. The van der Waals surface area contributed by atoms with E-state index in [1.54, 1.807) is 23.9 Å². The van der Waals surface area contributed by atoms with Gasteiger partial charge in [-0.1, -0.05) is 20.8 Å². The van der Waals surface area contributed by atoms with Gasteiger partial charge in [-0.25, -0.2) is 0 Å². The Hall–Kier alpha value is -4.28. The molecule has 0 heterocycles. The number of amides is 4. The standard InChI is InChI=1S/C43H70N6O9/c1-11-46(8)28-38(50)44-42-32(4)24-36(25-33(42)5)57-30-40(52)47(9)16-14-18-54-20-22-56-23-21-55-19-15-17-48(10)41(53)31-58-37-26-34(6)43(35(7)27-37)45-39(51)29-49(12-2)13-3/h24-27H,11-23,28-31H2,1-10H3,(H,44,50)(H,45,51). The van der Waals surface area contributed by atoms with Crippen LogP contribution in [0.25, 0.3) is 0 Å². The molecule has 15 nitrogen and oxygen atoms in total. The molecular formula is C43H70N6O9. The summed E-state index contributed by atoms with van der Waals surface area (Å²) in [6, 6.07) is 7.32. The lowest BCUT2D eigenvalue weighted by Gasteiger charge is -2.20. The van der Waals surface area contributed by atoms with Gasteiger partial charge in [0, 0.05) is 51.8 Å². The first-order chi connectivity index (χ1) is 27.7. The second kappa shape index (κ2) is 27.4. The third-order valence-corrected chi connectivity index (χ3v) is 9.64. The number of hydrogen-bond donors (Lipinski definition) is 2. The quantitative estimate of drug-likeness (QED) is 0.113. The first-order valence-electron chi connectivity index (χ1n) is 20.4. The number of rotatable bonds is 29. The number of likely N-dealkylation sites (N-methyl/N-ethyl adjacent to an activating group) is 4. The van der Waals surface area contributed by atoms with E-state index in [9.17, 15) is 19.2 Å². The first kappa shape index (κ1) is 49.9. The maximum absolute atomic E-state index is 12.6. The molecule has 326 valence electrons. The highest BCUT2D eigenvalue weighted by Crippen LogP contribution is 2.27. The van der Waals surface area contributed by atoms with Crippen molar-refractivity contribution in [3.63, 3.8) is 0 Å². The van der Waals surface area contributed by atoms with Gasteiger partial charge in [-0.2, -0.15) is 0 Å². The zero-order chi connectivity index (χ0) is 43.0. The number of nitrogens with one attached hydrogen (secondary N) is 2. The minimum atomic E-state index is -0.135. The molecule has 4 amide bonds. The van der Waals surface area contributed by atoms with E-state index in [0.29, 0.717) is 90.2 Å². The Bertz CT molecular complexity index is 1540. The Kier molecular flexibility index (Phi) is 23.6. The van der Waals surface area contributed by atoms with Crippen LogP contribution in [0.3, 0.4) is 0 Å². The zero-order valence-electron chi connectivity index (χ0n) is 36.8. The number of anilines is 2. The third-order valence-electron chi connectivity index (χ3n) is 9.64. The molecule has 0 spiro atoms. The molecule has 0 unspecified atom stereocenters. The van der Waals surface area contributed by atoms with Crippen molar-refractivity contribution in [2.24, 2.45) is 0 Å². The van der Waals surface area contributed by atoms with Crippen LogP contribution in [0, 0.1) is 27.7 Å². The second-order valence-corrected chi connectivity index (χ2v) is 14.5. The molecule has 58 heavy (non-hydrogen) atoms. The summed E-state index contributed by atoms with van der Waals surface area (Å²) in [6.45, 7) is 20.4. The van der Waals surface area contributed by atoms with Gasteiger partial charge in [0.1, 0.15) is 11.5 Å². The minimum Gasteiger partial charge on any atom is -0.484 e. The molecule has 2 rings (SSSR count). The van der Waals surface area contributed by atoms with Crippen molar-refractivity contribution < 1.29 is 42.9 Å². The highest BCUT2D eigenvalue weighted by Gasteiger charge is 2.16. The summed E-state index contributed by atoms with van der Waals surface area (Å²) >= 11 is 0. The van der Waals surface area contributed by atoms with E-state index in [1.165, 1.54) is 0 Å². The van der Waals surface area contributed by atoms with Crippen LogP contribution in [0.1, 0.15) is 55.9 Å².